The summed E-state index contributed by atoms with van der Waals surface area (Å²) >= 11 is 0. The van der Waals surface area contributed by atoms with Gasteiger partial charge in [-0.25, -0.2) is 0 Å². The predicted molar refractivity (Wildman–Crippen MR) is 78.1 cm³/mol. The number of rotatable bonds is 3. The van der Waals surface area contributed by atoms with Gasteiger partial charge < -0.3 is 16.0 Å². The number of hydrogen-bond donors (Lipinski definition) is 2. The van der Waals surface area contributed by atoms with E-state index in [1.807, 2.05) is 19.1 Å². The van der Waals surface area contributed by atoms with Crippen LogP contribution < -0.4 is 11.1 Å². The first-order valence-electron chi connectivity index (χ1n) is 6.88. The second-order valence-corrected chi connectivity index (χ2v) is 5.59. The van der Waals surface area contributed by atoms with Crippen molar-refractivity contribution in [3.63, 3.8) is 0 Å². The molecule has 19 heavy (non-hydrogen) atoms. The summed E-state index contributed by atoms with van der Waals surface area (Å²) in [6.45, 7) is 4.96. The Bertz CT molecular complexity index is 430. The molecule has 1 aromatic carbocycles. The van der Waals surface area contributed by atoms with Crippen LogP contribution in [0.3, 0.4) is 0 Å². The highest BCUT2D eigenvalue weighted by Gasteiger charge is 2.17. The summed E-state index contributed by atoms with van der Waals surface area (Å²) in [6.07, 6.45) is 2.32. The molecule has 1 aromatic rings. The molecule has 0 atom stereocenters. The SMILES string of the molecule is Cc1cc(N)cc(C(=O)NCC2CCN(C)CC2)c1. The molecule has 4 heteroatoms. The van der Waals surface area contributed by atoms with Gasteiger partial charge in [0.1, 0.15) is 0 Å². The third kappa shape index (κ3) is 3.96. The minimum atomic E-state index is -0.0191. The topological polar surface area (TPSA) is 58.4 Å². The van der Waals surface area contributed by atoms with Crippen molar-refractivity contribution in [1.29, 1.82) is 0 Å². The highest BCUT2D eigenvalue weighted by molar-refractivity contribution is 5.95. The normalized spacial score (nSPS) is 17.4. The van der Waals surface area contributed by atoms with E-state index in [0.29, 0.717) is 17.2 Å². The molecule has 3 N–H and O–H groups in total. The fourth-order valence-electron chi connectivity index (χ4n) is 2.55. The molecule has 1 saturated heterocycles. The molecule has 1 aliphatic rings. The molecule has 2 rings (SSSR count). The first kappa shape index (κ1) is 13.9. The number of nitrogen functional groups attached to an aromatic ring is 1. The van der Waals surface area contributed by atoms with E-state index in [4.69, 9.17) is 5.73 Å². The summed E-state index contributed by atoms with van der Waals surface area (Å²) in [5.74, 6) is 0.580. The number of benzene rings is 1. The Morgan fingerprint density at radius 3 is 2.68 bits per heavy atom. The van der Waals surface area contributed by atoms with Crippen molar-refractivity contribution in [2.45, 2.75) is 19.8 Å². The van der Waals surface area contributed by atoms with Crippen molar-refractivity contribution in [3.8, 4) is 0 Å². The summed E-state index contributed by atoms with van der Waals surface area (Å²) in [4.78, 5) is 14.4. The maximum atomic E-state index is 12.1. The fraction of sp³-hybridized carbons (Fsp3) is 0.533. The zero-order valence-electron chi connectivity index (χ0n) is 11.8. The van der Waals surface area contributed by atoms with Crippen LogP contribution in [0.15, 0.2) is 18.2 Å². The van der Waals surface area contributed by atoms with Crippen molar-refractivity contribution in [3.05, 3.63) is 29.3 Å². The van der Waals surface area contributed by atoms with Crippen molar-refractivity contribution in [2.24, 2.45) is 5.92 Å². The molecule has 1 amide bonds. The van der Waals surface area contributed by atoms with Gasteiger partial charge in [-0.3, -0.25) is 4.79 Å². The summed E-state index contributed by atoms with van der Waals surface area (Å²) < 4.78 is 0. The number of piperidine rings is 1. The average Bonchev–Trinajstić information content (AvgIpc) is 2.36. The fourth-order valence-corrected chi connectivity index (χ4v) is 2.55. The summed E-state index contributed by atoms with van der Waals surface area (Å²) in [6, 6.07) is 5.48. The number of anilines is 1. The standard InChI is InChI=1S/C15H23N3O/c1-11-7-13(9-14(16)8-11)15(19)17-10-12-3-5-18(2)6-4-12/h7-9,12H,3-6,10,16H2,1-2H3,(H,17,19). The first-order chi connectivity index (χ1) is 9.04. The van der Waals surface area contributed by atoms with E-state index in [-0.39, 0.29) is 5.91 Å². The van der Waals surface area contributed by atoms with Crippen LogP contribution in [0.25, 0.3) is 0 Å². The number of hydrogen-bond acceptors (Lipinski definition) is 3. The highest BCUT2D eigenvalue weighted by atomic mass is 16.1. The van der Waals surface area contributed by atoms with Crippen LogP contribution in [0.5, 0.6) is 0 Å². The number of aryl methyl sites for hydroxylation is 1. The summed E-state index contributed by atoms with van der Waals surface area (Å²) in [5, 5.41) is 3.02. The minimum absolute atomic E-state index is 0.0191. The number of nitrogens with two attached hydrogens (primary N) is 1. The number of likely N-dealkylation sites (tertiary alicyclic amines) is 1. The lowest BCUT2D eigenvalue weighted by Crippen LogP contribution is -2.36. The van der Waals surface area contributed by atoms with E-state index in [0.717, 1.165) is 38.0 Å². The number of nitrogens with one attached hydrogen (secondary N) is 1. The molecular weight excluding hydrogens is 238 g/mol. The van der Waals surface area contributed by atoms with E-state index in [9.17, 15) is 4.79 Å². The van der Waals surface area contributed by atoms with E-state index >= 15 is 0 Å². The molecule has 0 aromatic heterocycles. The largest absolute Gasteiger partial charge is 0.399 e. The smallest absolute Gasteiger partial charge is 0.251 e. The predicted octanol–water partition coefficient (Wildman–Crippen LogP) is 1.65. The van der Waals surface area contributed by atoms with Crippen molar-refractivity contribution in [1.82, 2.24) is 10.2 Å². The maximum Gasteiger partial charge on any atom is 0.251 e. The maximum absolute atomic E-state index is 12.1. The molecule has 1 aliphatic heterocycles. The number of amides is 1. The van der Waals surface area contributed by atoms with Gasteiger partial charge in [0.25, 0.3) is 5.91 Å². The zero-order valence-corrected chi connectivity index (χ0v) is 11.8. The van der Waals surface area contributed by atoms with Gasteiger partial charge in [0.15, 0.2) is 0 Å². The van der Waals surface area contributed by atoms with Gasteiger partial charge in [-0.05, 0) is 69.6 Å². The molecule has 4 nitrogen and oxygen atoms in total. The number of nitrogens with zero attached hydrogens (tertiary/aromatic N) is 1. The van der Waals surface area contributed by atoms with Crippen LogP contribution in [0.2, 0.25) is 0 Å². The van der Waals surface area contributed by atoms with Gasteiger partial charge in [0.05, 0.1) is 0 Å². The highest BCUT2D eigenvalue weighted by Crippen LogP contribution is 2.15. The number of carbonyl (C=O) groups is 1. The van der Waals surface area contributed by atoms with Crippen LogP contribution in [-0.2, 0) is 0 Å². The van der Waals surface area contributed by atoms with Gasteiger partial charge in [0, 0.05) is 17.8 Å². The first-order valence-corrected chi connectivity index (χ1v) is 6.88. The van der Waals surface area contributed by atoms with Crippen LogP contribution in [0, 0.1) is 12.8 Å². The molecule has 104 valence electrons. The Kier molecular flexibility index (Phi) is 4.43. The Morgan fingerprint density at radius 1 is 1.37 bits per heavy atom. The lowest BCUT2D eigenvalue weighted by Gasteiger charge is -2.28. The molecular formula is C15H23N3O. The van der Waals surface area contributed by atoms with Crippen molar-refractivity contribution in [2.75, 3.05) is 32.4 Å². The Labute approximate surface area is 115 Å². The lowest BCUT2D eigenvalue weighted by molar-refractivity contribution is 0.0939. The second kappa shape index (κ2) is 6.06. The molecule has 1 heterocycles. The van der Waals surface area contributed by atoms with Gasteiger partial charge in [-0.15, -0.1) is 0 Å². The summed E-state index contributed by atoms with van der Waals surface area (Å²) in [5.41, 5.74) is 8.08. The average molecular weight is 261 g/mol. The van der Waals surface area contributed by atoms with Gasteiger partial charge in [0.2, 0.25) is 0 Å². The molecule has 0 saturated carbocycles. The minimum Gasteiger partial charge on any atom is -0.399 e. The molecule has 1 fully saturated rings. The Hall–Kier alpha value is -1.55. The Balaban J connectivity index is 1.87. The lowest BCUT2D eigenvalue weighted by atomic mass is 9.97. The zero-order chi connectivity index (χ0) is 13.8. The monoisotopic (exact) mass is 261 g/mol. The number of carbonyl (C=O) groups excluding carboxylic acids is 1. The van der Waals surface area contributed by atoms with Crippen LogP contribution >= 0.6 is 0 Å². The van der Waals surface area contributed by atoms with Crippen molar-refractivity contribution >= 4 is 11.6 Å². The molecule has 0 aliphatic carbocycles. The van der Waals surface area contributed by atoms with E-state index < -0.39 is 0 Å². The molecule has 0 bridgehead atoms. The van der Waals surface area contributed by atoms with E-state index in [1.165, 1.54) is 0 Å². The molecule has 0 unspecified atom stereocenters. The van der Waals surface area contributed by atoms with Crippen molar-refractivity contribution < 1.29 is 4.79 Å². The quantitative estimate of drug-likeness (QED) is 0.813. The van der Waals surface area contributed by atoms with Gasteiger partial charge >= 0.3 is 0 Å². The summed E-state index contributed by atoms with van der Waals surface area (Å²) in [7, 11) is 2.14. The second-order valence-electron chi connectivity index (χ2n) is 5.59. The van der Waals surface area contributed by atoms with E-state index in [2.05, 4.69) is 17.3 Å². The third-order valence-corrected chi connectivity index (χ3v) is 3.75. The third-order valence-electron chi connectivity index (χ3n) is 3.75. The molecule has 0 spiro atoms. The van der Waals surface area contributed by atoms with Gasteiger partial charge in [-0.1, -0.05) is 0 Å². The van der Waals surface area contributed by atoms with Crippen LogP contribution in [0.4, 0.5) is 5.69 Å². The molecule has 0 radical (unpaired) electrons. The van der Waals surface area contributed by atoms with E-state index in [1.54, 1.807) is 6.07 Å². The van der Waals surface area contributed by atoms with Crippen LogP contribution in [-0.4, -0.2) is 37.5 Å². The Morgan fingerprint density at radius 2 is 2.05 bits per heavy atom. The van der Waals surface area contributed by atoms with Gasteiger partial charge in [-0.2, -0.15) is 0 Å². The van der Waals surface area contributed by atoms with Crippen LogP contribution in [0.1, 0.15) is 28.8 Å².